The molecule has 0 aliphatic rings. The Kier molecular flexibility index (Phi) is 4.23. The lowest BCUT2D eigenvalue weighted by Crippen LogP contribution is -2.00. The van der Waals surface area contributed by atoms with Gasteiger partial charge in [-0.15, -0.1) is 22.9 Å². The number of rotatable bonds is 2. The Morgan fingerprint density at radius 1 is 1.18 bits per heavy atom. The van der Waals surface area contributed by atoms with Gasteiger partial charge >= 0.3 is 0 Å². The summed E-state index contributed by atoms with van der Waals surface area (Å²) in [4.78, 5) is 0.687. The van der Waals surface area contributed by atoms with Crippen molar-refractivity contribution in [3.8, 4) is 0 Å². The molecule has 0 spiro atoms. The highest BCUT2D eigenvalue weighted by Gasteiger charge is 2.23. The van der Waals surface area contributed by atoms with Gasteiger partial charge in [0.05, 0.1) is 5.38 Å². The fourth-order valence-corrected chi connectivity index (χ4v) is 4.01. The number of halogens is 5. The van der Waals surface area contributed by atoms with Crippen LogP contribution in [0.3, 0.4) is 0 Å². The van der Waals surface area contributed by atoms with Crippen molar-refractivity contribution < 1.29 is 8.78 Å². The molecule has 1 unspecified atom stereocenters. The lowest BCUT2D eigenvalue weighted by atomic mass is 10.1. The lowest BCUT2D eigenvalue weighted by molar-refractivity contribution is 0.558. The van der Waals surface area contributed by atoms with Crippen molar-refractivity contribution in [1.82, 2.24) is 0 Å². The second-order valence-electron chi connectivity index (χ2n) is 3.28. The summed E-state index contributed by atoms with van der Waals surface area (Å²) in [5, 5.41) is 0.973. The summed E-state index contributed by atoms with van der Waals surface area (Å²) in [6.07, 6.45) is 0. The van der Waals surface area contributed by atoms with E-state index in [0.29, 0.717) is 9.35 Å². The molecular weight excluding hydrogens is 397 g/mol. The van der Waals surface area contributed by atoms with Crippen molar-refractivity contribution in [2.45, 2.75) is 5.38 Å². The van der Waals surface area contributed by atoms with Crippen molar-refractivity contribution in [3.63, 3.8) is 0 Å². The van der Waals surface area contributed by atoms with Gasteiger partial charge in [-0.25, -0.2) is 8.78 Å². The molecule has 2 rings (SSSR count). The molecule has 0 aliphatic carbocycles. The molecular formula is C11H5Br2ClF2S. The quantitative estimate of drug-likeness (QED) is 0.551. The van der Waals surface area contributed by atoms with Crippen LogP contribution in [0.25, 0.3) is 0 Å². The summed E-state index contributed by atoms with van der Waals surface area (Å²) in [5.41, 5.74) is -0.127. The molecule has 1 aromatic carbocycles. The largest absolute Gasteiger partial charge is 0.206 e. The average molecular weight is 402 g/mol. The predicted octanol–water partition coefficient (Wildman–Crippen LogP) is 5.88. The SMILES string of the molecule is Fc1cc(Br)cc(F)c1C(Cl)c1sccc1Br. The first-order chi connectivity index (χ1) is 8.00. The summed E-state index contributed by atoms with van der Waals surface area (Å²) in [6.45, 7) is 0. The number of hydrogen-bond acceptors (Lipinski definition) is 1. The van der Waals surface area contributed by atoms with Crippen molar-refractivity contribution in [3.05, 3.63) is 54.6 Å². The van der Waals surface area contributed by atoms with Gasteiger partial charge in [0.2, 0.25) is 0 Å². The molecule has 0 bridgehead atoms. The lowest BCUT2D eigenvalue weighted by Gasteiger charge is -2.11. The van der Waals surface area contributed by atoms with Gasteiger partial charge in [0, 0.05) is 19.4 Å². The smallest absolute Gasteiger partial charge is 0.132 e. The van der Waals surface area contributed by atoms with Gasteiger partial charge in [-0.3, -0.25) is 0 Å². The number of hydrogen-bond donors (Lipinski definition) is 0. The summed E-state index contributed by atoms with van der Waals surface area (Å²) >= 11 is 13.8. The van der Waals surface area contributed by atoms with Crippen molar-refractivity contribution in [2.75, 3.05) is 0 Å². The first-order valence-corrected chi connectivity index (χ1v) is 7.42. The highest BCUT2D eigenvalue weighted by Crippen LogP contribution is 2.40. The van der Waals surface area contributed by atoms with E-state index in [0.717, 1.165) is 4.47 Å². The third-order valence-electron chi connectivity index (χ3n) is 2.17. The van der Waals surface area contributed by atoms with Crippen LogP contribution in [0.2, 0.25) is 0 Å². The zero-order chi connectivity index (χ0) is 12.6. The predicted molar refractivity (Wildman–Crippen MR) is 73.8 cm³/mol. The first kappa shape index (κ1) is 13.5. The second-order valence-corrected chi connectivity index (χ2v) is 6.43. The Labute approximate surface area is 123 Å². The summed E-state index contributed by atoms with van der Waals surface area (Å²) in [6, 6.07) is 4.20. The van der Waals surface area contributed by atoms with Crippen LogP contribution < -0.4 is 0 Å². The maximum Gasteiger partial charge on any atom is 0.132 e. The van der Waals surface area contributed by atoms with Crippen LogP contribution in [0, 0.1) is 11.6 Å². The van der Waals surface area contributed by atoms with Crippen LogP contribution in [0.5, 0.6) is 0 Å². The van der Waals surface area contributed by atoms with E-state index in [2.05, 4.69) is 31.9 Å². The fourth-order valence-electron chi connectivity index (χ4n) is 1.41. The molecule has 0 saturated carbocycles. The molecule has 90 valence electrons. The molecule has 0 nitrogen and oxygen atoms in total. The summed E-state index contributed by atoms with van der Waals surface area (Å²) in [7, 11) is 0. The van der Waals surface area contributed by atoms with E-state index in [1.165, 1.54) is 23.5 Å². The van der Waals surface area contributed by atoms with E-state index in [4.69, 9.17) is 11.6 Å². The summed E-state index contributed by atoms with van der Waals surface area (Å²) < 4.78 is 28.5. The van der Waals surface area contributed by atoms with Crippen LogP contribution in [0.15, 0.2) is 32.5 Å². The average Bonchev–Trinajstić information content (AvgIpc) is 2.62. The maximum absolute atomic E-state index is 13.7. The fraction of sp³-hybridized carbons (Fsp3) is 0.0909. The Morgan fingerprint density at radius 2 is 1.76 bits per heavy atom. The van der Waals surface area contributed by atoms with Crippen molar-refractivity contribution >= 4 is 54.8 Å². The molecule has 6 heteroatoms. The summed E-state index contributed by atoms with van der Waals surface area (Å²) in [5.74, 6) is -1.31. The third kappa shape index (κ3) is 2.72. The van der Waals surface area contributed by atoms with E-state index < -0.39 is 17.0 Å². The van der Waals surface area contributed by atoms with Gasteiger partial charge in [0.15, 0.2) is 0 Å². The zero-order valence-electron chi connectivity index (χ0n) is 8.18. The zero-order valence-corrected chi connectivity index (χ0v) is 12.9. The van der Waals surface area contributed by atoms with E-state index >= 15 is 0 Å². The van der Waals surface area contributed by atoms with Crippen LogP contribution in [-0.4, -0.2) is 0 Å². The third-order valence-corrected chi connectivity index (χ3v) is 5.13. The minimum absolute atomic E-state index is 0.127. The molecule has 0 aliphatic heterocycles. The van der Waals surface area contributed by atoms with Gasteiger partial charge in [-0.2, -0.15) is 0 Å². The normalized spacial score (nSPS) is 12.8. The molecule has 2 aromatic rings. The highest BCUT2D eigenvalue weighted by atomic mass is 79.9. The van der Waals surface area contributed by atoms with Gasteiger partial charge in [-0.05, 0) is 39.5 Å². The molecule has 0 radical (unpaired) electrons. The minimum atomic E-state index is -0.836. The van der Waals surface area contributed by atoms with Crippen LogP contribution in [0.4, 0.5) is 8.78 Å². The number of benzene rings is 1. The molecule has 1 aromatic heterocycles. The Morgan fingerprint density at radius 3 is 2.24 bits per heavy atom. The van der Waals surface area contributed by atoms with E-state index in [-0.39, 0.29) is 5.56 Å². The monoisotopic (exact) mass is 400 g/mol. The second kappa shape index (κ2) is 5.34. The topological polar surface area (TPSA) is 0 Å². The molecule has 1 atom stereocenters. The Balaban J connectivity index is 2.51. The van der Waals surface area contributed by atoms with E-state index in [1.54, 1.807) is 6.07 Å². The van der Waals surface area contributed by atoms with E-state index in [9.17, 15) is 8.78 Å². The Bertz CT molecular complexity index is 533. The molecule has 0 amide bonds. The van der Waals surface area contributed by atoms with Gasteiger partial charge < -0.3 is 0 Å². The Hall–Kier alpha value is 0.0300. The molecule has 1 heterocycles. The van der Waals surface area contributed by atoms with Gasteiger partial charge in [0.25, 0.3) is 0 Å². The van der Waals surface area contributed by atoms with Gasteiger partial charge in [-0.1, -0.05) is 15.9 Å². The highest BCUT2D eigenvalue weighted by molar-refractivity contribution is 9.10. The van der Waals surface area contributed by atoms with Gasteiger partial charge in [0.1, 0.15) is 11.6 Å². The van der Waals surface area contributed by atoms with Crippen molar-refractivity contribution in [2.24, 2.45) is 0 Å². The van der Waals surface area contributed by atoms with Crippen LogP contribution in [-0.2, 0) is 0 Å². The van der Waals surface area contributed by atoms with Crippen LogP contribution >= 0.6 is 54.8 Å². The molecule has 17 heavy (non-hydrogen) atoms. The first-order valence-electron chi connectivity index (χ1n) is 4.52. The molecule has 0 saturated heterocycles. The van der Waals surface area contributed by atoms with Crippen LogP contribution in [0.1, 0.15) is 15.8 Å². The van der Waals surface area contributed by atoms with Crippen molar-refractivity contribution in [1.29, 1.82) is 0 Å². The number of alkyl halides is 1. The van der Waals surface area contributed by atoms with E-state index in [1.807, 2.05) is 5.38 Å². The maximum atomic E-state index is 13.7. The standard InChI is InChI=1S/C11H5Br2ClF2S/c12-5-3-7(15)9(8(16)4-5)10(14)11-6(13)1-2-17-11/h1-4,10H. The molecule has 0 N–H and O–H groups in total. The molecule has 0 fully saturated rings. The minimum Gasteiger partial charge on any atom is -0.206 e. The number of thiophene rings is 1.